The molecule has 27 heavy (non-hydrogen) atoms. The molecule has 0 bridgehead atoms. The molecule has 0 fully saturated rings. The van der Waals surface area contributed by atoms with Crippen molar-refractivity contribution in [1.29, 1.82) is 0 Å². The van der Waals surface area contributed by atoms with Crippen LogP contribution in [0.2, 0.25) is 0 Å². The summed E-state index contributed by atoms with van der Waals surface area (Å²) in [6, 6.07) is 17.5. The average molecular weight is 395 g/mol. The van der Waals surface area contributed by atoms with Crippen molar-refractivity contribution in [2.45, 2.75) is 11.4 Å². The SMILES string of the molecule is CSc1ccccc1C(=O)N(CCn1cccn1)c1nc2ccccc2s1. The number of fused-ring (bicyclic) bond motifs is 1. The van der Waals surface area contributed by atoms with Gasteiger partial charge in [0.05, 0.1) is 22.3 Å². The highest BCUT2D eigenvalue weighted by Crippen LogP contribution is 2.31. The highest BCUT2D eigenvalue weighted by Gasteiger charge is 2.23. The van der Waals surface area contributed by atoms with Crippen molar-refractivity contribution >= 4 is 44.4 Å². The number of carbonyl (C=O) groups is 1. The van der Waals surface area contributed by atoms with Gasteiger partial charge >= 0.3 is 0 Å². The van der Waals surface area contributed by atoms with Gasteiger partial charge in [0.25, 0.3) is 5.91 Å². The van der Waals surface area contributed by atoms with Crippen LogP contribution in [0.15, 0.2) is 71.9 Å². The number of hydrogen-bond acceptors (Lipinski definition) is 5. The van der Waals surface area contributed by atoms with Gasteiger partial charge < -0.3 is 0 Å². The van der Waals surface area contributed by atoms with E-state index in [1.54, 1.807) is 22.9 Å². The van der Waals surface area contributed by atoms with E-state index in [9.17, 15) is 4.79 Å². The second-order valence-electron chi connectivity index (χ2n) is 5.89. The van der Waals surface area contributed by atoms with Crippen LogP contribution >= 0.6 is 23.1 Å². The van der Waals surface area contributed by atoms with Gasteiger partial charge in [-0.2, -0.15) is 5.10 Å². The standard InChI is InChI=1S/C20H18N4OS2/c1-26-17-9-4-2-7-15(17)19(25)24(14-13-23-12-6-11-21-23)20-22-16-8-3-5-10-18(16)27-20/h2-12H,13-14H2,1H3. The van der Waals surface area contributed by atoms with E-state index >= 15 is 0 Å². The van der Waals surface area contributed by atoms with Crippen molar-refractivity contribution in [2.75, 3.05) is 17.7 Å². The second kappa shape index (κ2) is 7.94. The van der Waals surface area contributed by atoms with E-state index in [4.69, 9.17) is 4.98 Å². The first-order chi connectivity index (χ1) is 13.3. The van der Waals surface area contributed by atoms with Crippen molar-refractivity contribution in [3.63, 3.8) is 0 Å². The molecule has 0 aliphatic rings. The van der Waals surface area contributed by atoms with Gasteiger partial charge in [0, 0.05) is 23.8 Å². The number of thioether (sulfide) groups is 1. The molecule has 0 atom stereocenters. The Morgan fingerprint density at radius 2 is 1.96 bits per heavy atom. The maximum Gasteiger partial charge on any atom is 0.261 e. The summed E-state index contributed by atoms with van der Waals surface area (Å²) in [5, 5.41) is 4.96. The van der Waals surface area contributed by atoms with Crippen LogP contribution in [-0.2, 0) is 6.54 Å². The van der Waals surface area contributed by atoms with Crippen molar-refractivity contribution < 1.29 is 4.79 Å². The fourth-order valence-corrected chi connectivity index (χ4v) is 4.44. The van der Waals surface area contributed by atoms with Crippen LogP contribution in [0.1, 0.15) is 10.4 Å². The summed E-state index contributed by atoms with van der Waals surface area (Å²) < 4.78 is 2.90. The molecule has 4 aromatic rings. The predicted octanol–water partition coefficient (Wildman–Crippen LogP) is 4.56. The summed E-state index contributed by atoms with van der Waals surface area (Å²) in [5.74, 6) is -0.0360. The lowest BCUT2D eigenvalue weighted by Crippen LogP contribution is -2.34. The molecule has 0 saturated carbocycles. The smallest absolute Gasteiger partial charge is 0.261 e. The van der Waals surface area contributed by atoms with Crippen LogP contribution in [0.25, 0.3) is 10.2 Å². The molecule has 0 saturated heterocycles. The van der Waals surface area contributed by atoms with Crippen molar-refractivity contribution in [3.8, 4) is 0 Å². The maximum atomic E-state index is 13.4. The predicted molar refractivity (Wildman–Crippen MR) is 112 cm³/mol. The fourth-order valence-electron chi connectivity index (χ4n) is 2.86. The average Bonchev–Trinajstić information content (AvgIpc) is 3.37. The van der Waals surface area contributed by atoms with E-state index in [1.165, 1.54) is 11.3 Å². The van der Waals surface area contributed by atoms with Crippen LogP contribution in [0.5, 0.6) is 0 Å². The molecule has 0 radical (unpaired) electrons. The van der Waals surface area contributed by atoms with E-state index < -0.39 is 0 Å². The minimum atomic E-state index is -0.0360. The molecule has 5 nitrogen and oxygen atoms in total. The molecule has 0 aliphatic carbocycles. The first-order valence-electron chi connectivity index (χ1n) is 8.54. The number of carbonyl (C=O) groups excluding carboxylic acids is 1. The zero-order chi connectivity index (χ0) is 18.6. The Labute approximate surface area is 165 Å². The van der Waals surface area contributed by atoms with Gasteiger partial charge in [0.2, 0.25) is 0 Å². The van der Waals surface area contributed by atoms with Gasteiger partial charge in [-0.3, -0.25) is 14.4 Å². The van der Waals surface area contributed by atoms with E-state index in [2.05, 4.69) is 5.10 Å². The van der Waals surface area contributed by atoms with Gasteiger partial charge in [-0.15, -0.1) is 11.8 Å². The van der Waals surface area contributed by atoms with Crippen molar-refractivity contribution in [1.82, 2.24) is 14.8 Å². The number of amides is 1. The molecular weight excluding hydrogens is 376 g/mol. The lowest BCUT2D eigenvalue weighted by atomic mass is 10.2. The Bertz CT molecular complexity index is 1030. The molecule has 2 aromatic heterocycles. The highest BCUT2D eigenvalue weighted by atomic mass is 32.2. The largest absolute Gasteiger partial charge is 0.282 e. The summed E-state index contributed by atoms with van der Waals surface area (Å²) in [6.07, 6.45) is 5.63. The molecule has 2 aromatic carbocycles. The lowest BCUT2D eigenvalue weighted by molar-refractivity contribution is 0.0983. The molecular formula is C20H18N4OS2. The number of anilines is 1. The fraction of sp³-hybridized carbons (Fsp3) is 0.150. The first-order valence-corrected chi connectivity index (χ1v) is 10.6. The Balaban J connectivity index is 1.71. The molecule has 136 valence electrons. The molecule has 4 rings (SSSR count). The number of benzene rings is 2. The lowest BCUT2D eigenvalue weighted by Gasteiger charge is -2.21. The quantitative estimate of drug-likeness (QED) is 0.450. The highest BCUT2D eigenvalue weighted by molar-refractivity contribution is 7.98. The topological polar surface area (TPSA) is 51.0 Å². The number of para-hydroxylation sites is 1. The number of hydrogen-bond donors (Lipinski definition) is 0. The van der Waals surface area contributed by atoms with Crippen LogP contribution in [0, 0.1) is 0 Å². The number of aromatic nitrogens is 3. The molecule has 2 heterocycles. The molecule has 0 unspecified atom stereocenters. The third-order valence-corrected chi connectivity index (χ3v) is 6.06. The summed E-state index contributed by atoms with van der Waals surface area (Å²) in [5.41, 5.74) is 1.61. The summed E-state index contributed by atoms with van der Waals surface area (Å²) in [4.78, 5) is 20.8. The van der Waals surface area contributed by atoms with Crippen LogP contribution in [-0.4, -0.2) is 33.5 Å². The van der Waals surface area contributed by atoms with Crippen LogP contribution < -0.4 is 4.90 Å². The summed E-state index contributed by atoms with van der Waals surface area (Å²) in [6.45, 7) is 1.11. The number of nitrogens with zero attached hydrogens (tertiary/aromatic N) is 4. The Hall–Kier alpha value is -2.64. The van der Waals surface area contributed by atoms with E-state index in [1.807, 2.05) is 71.7 Å². The molecule has 1 amide bonds. The number of thiazole rings is 1. The van der Waals surface area contributed by atoms with Crippen LogP contribution in [0.4, 0.5) is 5.13 Å². The number of rotatable bonds is 6. The Kier molecular flexibility index (Phi) is 5.22. The van der Waals surface area contributed by atoms with Crippen molar-refractivity contribution in [3.05, 3.63) is 72.6 Å². The Morgan fingerprint density at radius 1 is 1.15 bits per heavy atom. The van der Waals surface area contributed by atoms with Crippen LogP contribution in [0.3, 0.4) is 0 Å². The van der Waals surface area contributed by atoms with Crippen molar-refractivity contribution in [2.24, 2.45) is 0 Å². The zero-order valence-electron chi connectivity index (χ0n) is 14.8. The first kappa shape index (κ1) is 17.8. The molecule has 0 aliphatic heterocycles. The third-order valence-electron chi connectivity index (χ3n) is 4.21. The summed E-state index contributed by atoms with van der Waals surface area (Å²) in [7, 11) is 0. The molecule has 0 N–H and O–H groups in total. The van der Waals surface area contributed by atoms with E-state index in [-0.39, 0.29) is 5.91 Å². The second-order valence-corrected chi connectivity index (χ2v) is 7.75. The van der Waals surface area contributed by atoms with Gasteiger partial charge in [-0.1, -0.05) is 35.6 Å². The van der Waals surface area contributed by atoms with Gasteiger partial charge in [-0.25, -0.2) is 4.98 Å². The monoisotopic (exact) mass is 394 g/mol. The normalized spacial score (nSPS) is 11.0. The Morgan fingerprint density at radius 3 is 2.74 bits per heavy atom. The van der Waals surface area contributed by atoms with E-state index in [0.29, 0.717) is 23.8 Å². The molecule has 7 heteroatoms. The van der Waals surface area contributed by atoms with Gasteiger partial charge in [-0.05, 0) is 36.6 Å². The van der Waals surface area contributed by atoms with Gasteiger partial charge in [0.15, 0.2) is 5.13 Å². The zero-order valence-corrected chi connectivity index (χ0v) is 16.4. The van der Waals surface area contributed by atoms with E-state index in [0.717, 1.165) is 15.1 Å². The summed E-state index contributed by atoms with van der Waals surface area (Å²) >= 11 is 3.11. The minimum absolute atomic E-state index is 0.0360. The minimum Gasteiger partial charge on any atom is -0.282 e. The maximum absolute atomic E-state index is 13.4. The van der Waals surface area contributed by atoms with Gasteiger partial charge in [0.1, 0.15) is 0 Å². The third kappa shape index (κ3) is 3.74. The molecule has 0 spiro atoms.